The summed E-state index contributed by atoms with van der Waals surface area (Å²) in [5, 5.41) is 8.84. The van der Waals surface area contributed by atoms with Gasteiger partial charge in [0.15, 0.2) is 0 Å². The van der Waals surface area contributed by atoms with Crippen LogP contribution in [0.4, 0.5) is 0 Å². The van der Waals surface area contributed by atoms with Gasteiger partial charge >= 0.3 is 0 Å². The van der Waals surface area contributed by atoms with Gasteiger partial charge in [-0.05, 0) is 0 Å². The zero-order chi connectivity index (χ0) is 12.9. The van der Waals surface area contributed by atoms with E-state index in [1.807, 2.05) is 4.90 Å². The summed E-state index contributed by atoms with van der Waals surface area (Å²) in [5.41, 5.74) is 0. The Morgan fingerprint density at radius 1 is 1.24 bits per heavy atom. The van der Waals surface area contributed by atoms with Crippen molar-refractivity contribution in [3.05, 3.63) is 0 Å². The highest BCUT2D eigenvalue weighted by atomic mass is 32.2. The van der Waals surface area contributed by atoms with Gasteiger partial charge in [0.05, 0.1) is 12.4 Å². The van der Waals surface area contributed by atoms with Crippen LogP contribution in [0.25, 0.3) is 0 Å². The van der Waals surface area contributed by atoms with E-state index in [-0.39, 0.29) is 17.3 Å². The summed E-state index contributed by atoms with van der Waals surface area (Å²) >= 11 is 1.70. The number of carbonyl (C=O) groups excluding carboxylic acids is 1. The molecule has 0 aromatic heterocycles. The molecule has 1 heterocycles. The van der Waals surface area contributed by atoms with Gasteiger partial charge in [-0.1, -0.05) is 20.8 Å². The molecule has 100 valence electrons. The summed E-state index contributed by atoms with van der Waals surface area (Å²) in [7, 11) is 0. The Kier molecular flexibility index (Phi) is 5.76. The predicted octanol–water partition coefficient (Wildman–Crippen LogP) is 0.655. The Morgan fingerprint density at radius 2 is 1.82 bits per heavy atom. The van der Waals surface area contributed by atoms with Gasteiger partial charge in [0, 0.05) is 37.5 Å². The van der Waals surface area contributed by atoms with Crippen molar-refractivity contribution < 1.29 is 9.90 Å². The van der Waals surface area contributed by atoms with Crippen molar-refractivity contribution in [3.8, 4) is 0 Å². The van der Waals surface area contributed by atoms with Crippen molar-refractivity contribution in [2.75, 3.05) is 45.1 Å². The van der Waals surface area contributed by atoms with Gasteiger partial charge < -0.3 is 10.0 Å². The van der Waals surface area contributed by atoms with Gasteiger partial charge in [-0.2, -0.15) is 0 Å². The molecule has 0 bridgehead atoms. The molecule has 0 aromatic rings. The Labute approximate surface area is 108 Å². The number of hydrogen-bond donors (Lipinski definition) is 1. The minimum Gasteiger partial charge on any atom is -0.395 e. The number of aliphatic hydroxyl groups excluding tert-OH is 1. The average Bonchev–Trinajstić information content (AvgIpc) is 2.26. The number of hydrogen-bond acceptors (Lipinski definition) is 4. The van der Waals surface area contributed by atoms with Crippen molar-refractivity contribution in [3.63, 3.8) is 0 Å². The van der Waals surface area contributed by atoms with Gasteiger partial charge in [-0.15, -0.1) is 11.8 Å². The Hall–Kier alpha value is -0.260. The van der Waals surface area contributed by atoms with Crippen molar-refractivity contribution in [2.24, 2.45) is 0 Å². The maximum absolute atomic E-state index is 11.9. The van der Waals surface area contributed by atoms with Crippen LogP contribution in [0.15, 0.2) is 0 Å². The smallest absolute Gasteiger partial charge is 0.232 e. The number of carbonyl (C=O) groups is 1. The molecule has 17 heavy (non-hydrogen) atoms. The molecule has 4 nitrogen and oxygen atoms in total. The maximum Gasteiger partial charge on any atom is 0.232 e. The van der Waals surface area contributed by atoms with Gasteiger partial charge in [0.1, 0.15) is 0 Å². The molecule has 1 aliphatic heterocycles. The lowest BCUT2D eigenvalue weighted by Gasteiger charge is -2.34. The summed E-state index contributed by atoms with van der Waals surface area (Å²) in [4.78, 5) is 16.1. The SMILES string of the molecule is CC(C)(C)SCC(=O)N1CCN(CCO)CC1. The number of amides is 1. The van der Waals surface area contributed by atoms with Crippen LogP contribution in [0.3, 0.4) is 0 Å². The monoisotopic (exact) mass is 260 g/mol. The molecule has 0 aliphatic carbocycles. The summed E-state index contributed by atoms with van der Waals surface area (Å²) < 4.78 is 0.147. The van der Waals surface area contributed by atoms with E-state index in [1.165, 1.54) is 0 Å². The maximum atomic E-state index is 11.9. The normalized spacial score (nSPS) is 18.5. The molecule has 0 atom stereocenters. The lowest BCUT2D eigenvalue weighted by Crippen LogP contribution is -2.49. The molecule has 0 aromatic carbocycles. The zero-order valence-corrected chi connectivity index (χ0v) is 11.9. The summed E-state index contributed by atoms with van der Waals surface area (Å²) in [6.45, 7) is 10.7. The molecule has 0 unspecified atom stereocenters. The van der Waals surface area contributed by atoms with Crippen LogP contribution < -0.4 is 0 Å². The highest BCUT2D eigenvalue weighted by Gasteiger charge is 2.22. The molecule has 1 aliphatic rings. The third-order valence-corrected chi connectivity index (χ3v) is 4.03. The molecular weight excluding hydrogens is 236 g/mol. The van der Waals surface area contributed by atoms with Crippen LogP contribution in [-0.4, -0.2) is 70.6 Å². The van der Waals surface area contributed by atoms with E-state index in [9.17, 15) is 4.79 Å². The van der Waals surface area contributed by atoms with Gasteiger partial charge in [-0.3, -0.25) is 9.69 Å². The van der Waals surface area contributed by atoms with E-state index in [2.05, 4.69) is 25.7 Å². The Balaban J connectivity index is 2.26. The molecular formula is C12H24N2O2S. The molecule has 1 saturated heterocycles. The predicted molar refractivity (Wildman–Crippen MR) is 72.3 cm³/mol. The second-order valence-electron chi connectivity index (χ2n) is 5.35. The van der Waals surface area contributed by atoms with Crippen molar-refractivity contribution in [1.29, 1.82) is 0 Å². The minimum absolute atomic E-state index is 0.147. The van der Waals surface area contributed by atoms with Crippen LogP contribution in [0, 0.1) is 0 Å². The standard InChI is InChI=1S/C12H24N2O2S/c1-12(2,3)17-10-11(16)14-6-4-13(5-7-14)8-9-15/h15H,4-10H2,1-3H3. The zero-order valence-electron chi connectivity index (χ0n) is 11.1. The molecule has 1 fully saturated rings. The topological polar surface area (TPSA) is 43.8 Å². The van der Waals surface area contributed by atoms with Gasteiger partial charge in [-0.25, -0.2) is 0 Å². The second kappa shape index (κ2) is 6.61. The van der Waals surface area contributed by atoms with E-state index in [1.54, 1.807) is 11.8 Å². The number of aliphatic hydroxyl groups is 1. The lowest BCUT2D eigenvalue weighted by atomic mass is 10.3. The van der Waals surface area contributed by atoms with Crippen molar-refractivity contribution in [2.45, 2.75) is 25.5 Å². The van der Waals surface area contributed by atoms with E-state index < -0.39 is 0 Å². The van der Waals surface area contributed by atoms with Crippen LogP contribution in [-0.2, 0) is 4.79 Å². The number of rotatable bonds is 4. The van der Waals surface area contributed by atoms with Gasteiger partial charge in [0.2, 0.25) is 5.91 Å². The molecule has 1 amide bonds. The minimum atomic E-state index is 0.147. The van der Waals surface area contributed by atoms with E-state index >= 15 is 0 Å². The molecule has 0 saturated carbocycles. The number of thioether (sulfide) groups is 1. The second-order valence-corrected chi connectivity index (χ2v) is 7.15. The van der Waals surface area contributed by atoms with Crippen LogP contribution in [0.1, 0.15) is 20.8 Å². The van der Waals surface area contributed by atoms with Crippen molar-refractivity contribution >= 4 is 17.7 Å². The quantitative estimate of drug-likeness (QED) is 0.806. The average molecular weight is 260 g/mol. The summed E-state index contributed by atoms with van der Waals surface area (Å²) in [6.07, 6.45) is 0. The van der Waals surface area contributed by atoms with Crippen molar-refractivity contribution in [1.82, 2.24) is 9.80 Å². The van der Waals surface area contributed by atoms with Crippen LogP contribution in [0.5, 0.6) is 0 Å². The third kappa shape index (κ3) is 5.75. The van der Waals surface area contributed by atoms with Gasteiger partial charge in [0.25, 0.3) is 0 Å². The fraction of sp³-hybridized carbons (Fsp3) is 0.917. The first-order valence-corrected chi connectivity index (χ1v) is 7.16. The Bertz CT molecular complexity index is 245. The largest absolute Gasteiger partial charge is 0.395 e. The number of piperazine rings is 1. The van der Waals surface area contributed by atoms with E-state index in [0.29, 0.717) is 5.75 Å². The molecule has 0 spiro atoms. The molecule has 1 N–H and O–H groups in total. The van der Waals surface area contributed by atoms with Crippen LogP contribution in [0.2, 0.25) is 0 Å². The molecule has 5 heteroatoms. The highest BCUT2D eigenvalue weighted by Crippen LogP contribution is 2.23. The first-order valence-electron chi connectivity index (χ1n) is 6.17. The fourth-order valence-corrected chi connectivity index (χ4v) is 2.47. The first kappa shape index (κ1) is 14.8. The Morgan fingerprint density at radius 3 is 2.29 bits per heavy atom. The highest BCUT2D eigenvalue weighted by molar-refractivity contribution is 8.01. The summed E-state index contributed by atoms with van der Waals surface area (Å²) in [6, 6.07) is 0. The van der Waals surface area contributed by atoms with Crippen LogP contribution >= 0.6 is 11.8 Å². The fourth-order valence-electron chi connectivity index (χ4n) is 1.73. The first-order chi connectivity index (χ1) is 7.92. The summed E-state index contributed by atoms with van der Waals surface area (Å²) in [5.74, 6) is 0.817. The van der Waals surface area contributed by atoms with E-state index in [0.717, 1.165) is 32.7 Å². The molecule has 0 radical (unpaired) electrons. The third-order valence-electron chi connectivity index (χ3n) is 2.77. The molecule has 1 rings (SSSR count). The van der Waals surface area contributed by atoms with E-state index in [4.69, 9.17) is 5.11 Å². The lowest BCUT2D eigenvalue weighted by molar-refractivity contribution is -0.130. The number of β-amino-alcohol motifs (C(OH)–C–C–N with tert-alkyl or cyclic N) is 1. The number of nitrogens with zero attached hydrogens (tertiary/aromatic N) is 2.